The Morgan fingerprint density at radius 3 is 2.55 bits per heavy atom. The molecule has 0 unspecified atom stereocenters. The molecule has 0 bridgehead atoms. The molecule has 0 aromatic heterocycles. The predicted octanol–water partition coefficient (Wildman–Crippen LogP) is 3.43. The second kappa shape index (κ2) is 6.02. The van der Waals surface area contributed by atoms with Gasteiger partial charge in [0, 0.05) is 4.47 Å². The molecule has 0 fully saturated rings. The molecule has 4 N–H and O–H groups in total. The topological polar surface area (TPSA) is 67.1 Å². The summed E-state index contributed by atoms with van der Waals surface area (Å²) >= 11 is 3.16. The minimum atomic E-state index is -0.511. The Balaban J connectivity index is 2.30. The van der Waals surface area contributed by atoms with E-state index in [-0.39, 0.29) is 5.69 Å². The number of carbonyl (C=O) groups excluding carboxylic acids is 1. The molecule has 6 heteroatoms. The van der Waals surface area contributed by atoms with E-state index in [0.717, 1.165) is 5.56 Å². The largest absolute Gasteiger partial charge is 0.323 e. The lowest BCUT2D eigenvalue weighted by atomic mass is 10.1. The van der Waals surface area contributed by atoms with Crippen molar-refractivity contribution in [2.24, 2.45) is 5.84 Å². The van der Waals surface area contributed by atoms with Crippen LogP contribution in [0.4, 0.5) is 15.8 Å². The molecule has 0 aliphatic rings. The highest BCUT2D eigenvalue weighted by molar-refractivity contribution is 9.10. The molecule has 0 saturated heterocycles. The summed E-state index contributed by atoms with van der Waals surface area (Å²) < 4.78 is 14.3. The number of rotatable bonds is 3. The summed E-state index contributed by atoms with van der Waals surface area (Å²) in [4.78, 5) is 12.2. The summed E-state index contributed by atoms with van der Waals surface area (Å²) in [6, 6.07) is 9.63. The van der Waals surface area contributed by atoms with E-state index in [0.29, 0.717) is 15.7 Å². The molecule has 0 aliphatic heterocycles. The zero-order chi connectivity index (χ0) is 14.7. The first-order valence-corrected chi connectivity index (χ1v) is 6.64. The van der Waals surface area contributed by atoms with Gasteiger partial charge in [-0.15, -0.1) is 0 Å². The van der Waals surface area contributed by atoms with Crippen molar-refractivity contribution < 1.29 is 9.18 Å². The van der Waals surface area contributed by atoms with Gasteiger partial charge in [-0.1, -0.05) is 27.6 Å². The van der Waals surface area contributed by atoms with Crippen molar-refractivity contribution in [1.29, 1.82) is 0 Å². The number of nitrogens with two attached hydrogens (primary N) is 1. The molecule has 0 spiro atoms. The van der Waals surface area contributed by atoms with Gasteiger partial charge in [0.2, 0.25) is 0 Å². The zero-order valence-electron chi connectivity index (χ0n) is 10.7. The minimum absolute atomic E-state index is 0.114. The first-order chi connectivity index (χ1) is 9.51. The fourth-order valence-corrected chi connectivity index (χ4v) is 2.09. The number of nitrogens with one attached hydrogen (secondary N) is 2. The number of anilines is 2. The van der Waals surface area contributed by atoms with Crippen molar-refractivity contribution in [2.75, 3.05) is 10.7 Å². The molecular weight excluding hydrogens is 325 g/mol. The lowest BCUT2D eigenvalue weighted by Crippen LogP contribution is -2.18. The Morgan fingerprint density at radius 2 is 1.90 bits per heavy atom. The summed E-state index contributed by atoms with van der Waals surface area (Å²) in [7, 11) is 0. The third-order valence-corrected chi connectivity index (χ3v) is 3.25. The number of amides is 1. The van der Waals surface area contributed by atoms with Crippen LogP contribution in [-0.2, 0) is 0 Å². The van der Waals surface area contributed by atoms with E-state index in [1.54, 1.807) is 18.2 Å². The van der Waals surface area contributed by atoms with Crippen LogP contribution in [0.3, 0.4) is 0 Å². The van der Waals surface area contributed by atoms with Gasteiger partial charge in [0.05, 0.1) is 16.9 Å². The monoisotopic (exact) mass is 337 g/mol. The van der Waals surface area contributed by atoms with Crippen LogP contribution < -0.4 is 16.6 Å². The lowest BCUT2D eigenvalue weighted by molar-refractivity contribution is 0.102. The van der Waals surface area contributed by atoms with Crippen molar-refractivity contribution in [3.63, 3.8) is 0 Å². The van der Waals surface area contributed by atoms with E-state index < -0.39 is 11.7 Å². The fraction of sp³-hybridized carbons (Fsp3) is 0.0714. The fourth-order valence-electron chi connectivity index (χ4n) is 1.75. The summed E-state index contributed by atoms with van der Waals surface area (Å²) in [5.41, 5.74) is 4.31. The second-order valence-electron chi connectivity index (χ2n) is 4.27. The Labute approximate surface area is 124 Å². The molecule has 0 atom stereocenters. The third kappa shape index (κ3) is 3.15. The average Bonchev–Trinajstić information content (AvgIpc) is 2.41. The van der Waals surface area contributed by atoms with E-state index in [4.69, 9.17) is 5.84 Å². The van der Waals surface area contributed by atoms with Crippen molar-refractivity contribution in [1.82, 2.24) is 0 Å². The average molecular weight is 338 g/mol. The molecule has 2 rings (SSSR count). The maximum absolute atomic E-state index is 13.7. The molecule has 0 saturated carbocycles. The van der Waals surface area contributed by atoms with Gasteiger partial charge in [-0.2, -0.15) is 0 Å². The van der Waals surface area contributed by atoms with Gasteiger partial charge in [-0.3, -0.25) is 10.6 Å². The number of aryl methyl sites for hydroxylation is 1. The van der Waals surface area contributed by atoms with Gasteiger partial charge in [0.1, 0.15) is 5.82 Å². The van der Waals surface area contributed by atoms with Gasteiger partial charge in [-0.05, 0) is 37.3 Å². The predicted molar refractivity (Wildman–Crippen MR) is 81.0 cm³/mol. The summed E-state index contributed by atoms with van der Waals surface area (Å²) in [6.45, 7) is 1.86. The number of hydrogen-bond donors (Lipinski definition) is 3. The normalized spacial score (nSPS) is 10.2. The van der Waals surface area contributed by atoms with Crippen LogP contribution in [0.1, 0.15) is 15.9 Å². The van der Waals surface area contributed by atoms with Crippen molar-refractivity contribution in [3.8, 4) is 0 Å². The van der Waals surface area contributed by atoms with E-state index in [1.807, 2.05) is 13.0 Å². The van der Waals surface area contributed by atoms with Crippen molar-refractivity contribution in [3.05, 3.63) is 57.8 Å². The number of benzene rings is 2. The van der Waals surface area contributed by atoms with Gasteiger partial charge >= 0.3 is 0 Å². The summed E-state index contributed by atoms with van der Waals surface area (Å²) in [6.07, 6.45) is 0. The number of hydrazine groups is 1. The molecule has 104 valence electrons. The molecule has 2 aromatic carbocycles. The van der Waals surface area contributed by atoms with Crippen molar-refractivity contribution in [2.45, 2.75) is 6.92 Å². The van der Waals surface area contributed by atoms with Gasteiger partial charge in [0.15, 0.2) is 0 Å². The number of halogens is 2. The number of hydrogen-bond acceptors (Lipinski definition) is 3. The molecule has 0 aliphatic carbocycles. The molecule has 2 aromatic rings. The highest BCUT2D eigenvalue weighted by atomic mass is 79.9. The Bertz CT molecular complexity index is 661. The highest BCUT2D eigenvalue weighted by Crippen LogP contribution is 2.22. The Kier molecular flexibility index (Phi) is 4.36. The first kappa shape index (κ1) is 14.5. The van der Waals surface area contributed by atoms with Crippen LogP contribution in [0.5, 0.6) is 0 Å². The summed E-state index contributed by atoms with van der Waals surface area (Å²) in [5.74, 6) is 4.43. The second-order valence-corrected chi connectivity index (χ2v) is 5.19. The minimum Gasteiger partial charge on any atom is -0.323 e. The van der Waals surface area contributed by atoms with Crippen LogP contribution in [0, 0.1) is 12.7 Å². The number of nitrogen functional groups attached to an aromatic ring is 1. The molecule has 1 amide bonds. The van der Waals surface area contributed by atoms with Crippen LogP contribution in [0.15, 0.2) is 40.9 Å². The van der Waals surface area contributed by atoms with E-state index in [1.165, 1.54) is 12.1 Å². The van der Waals surface area contributed by atoms with E-state index in [2.05, 4.69) is 26.7 Å². The zero-order valence-corrected chi connectivity index (χ0v) is 12.3. The van der Waals surface area contributed by atoms with Gasteiger partial charge < -0.3 is 10.7 Å². The standard InChI is InChI=1S/C14H13BrFN3O/c1-8-2-4-12(19-17)10(6-8)14(20)18-13-5-3-9(15)7-11(13)16/h2-7,19H,17H2,1H3,(H,18,20). The maximum atomic E-state index is 13.7. The number of carbonyl (C=O) groups is 1. The Hall–Kier alpha value is -1.92. The Morgan fingerprint density at radius 1 is 1.20 bits per heavy atom. The van der Waals surface area contributed by atoms with Crippen molar-refractivity contribution >= 4 is 33.2 Å². The van der Waals surface area contributed by atoms with Gasteiger partial charge in [0.25, 0.3) is 5.91 Å². The van der Waals surface area contributed by atoms with E-state index in [9.17, 15) is 9.18 Å². The summed E-state index contributed by atoms with van der Waals surface area (Å²) in [5, 5.41) is 2.53. The van der Waals surface area contributed by atoms with Gasteiger partial charge in [-0.25, -0.2) is 4.39 Å². The van der Waals surface area contributed by atoms with Crippen LogP contribution >= 0.6 is 15.9 Å². The molecule has 4 nitrogen and oxygen atoms in total. The third-order valence-electron chi connectivity index (χ3n) is 2.75. The maximum Gasteiger partial charge on any atom is 0.257 e. The molecular formula is C14H13BrFN3O. The van der Waals surface area contributed by atoms with Crippen LogP contribution in [0.2, 0.25) is 0 Å². The quantitative estimate of drug-likeness (QED) is 0.593. The molecule has 0 heterocycles. The smallest absolute Gasteiger partial charge is 0.257 e. The lowest BCUT2D eigenvalue weighted by Gasteiger charge is -2.11. The molecule has 20 heavy (non-hydrogen) atoms. The highest BCUT2D eigenvalue weighted by Gasteiger charge is 2.13. The van der Waals surface area contributed by atoms with E-state index >= 15 is 0 Å². The van der Waals surface area contributed by atoms with Crippen LogP contribution in [0.25, 0.3) is 0 Å². The van der Waals surface area contributed by atoms with Crippen LogP contribution in [-0.4, -0.2) is 5.91 Å². The SMILES string of the molecule is Cc1ccc(NN)c(C(=O)Nc2ccc(Br)cc2F)c1. The molecule has 0 radical (unpaired) electrons. The first-order valence-electron chi connectivity index (χ1n) is 5.85.